The maximum Gasteiger partial charge on any atom is 0.263 e. The van der Waals surface area contributed by atoms with Gasteiger partial charge in [0.1, 0.15) is 17.4 Å². The molecule has 0 unspecified atom stereocenters. The van der Waals surface area contributed by atoms with E-state index in [9.17, 15) is 9.90 Å². The first-order valence-corrected chi connectivity index (χ1v) is 7.15. The highest BCUT2D eigenvalue weighted by molar-refractivity contribution is 6.31. The molecule has 0 aliphatic carbocycles. The quantitative estimate of drug-likeness (QED) is 0.447. The molecule has 0 heterocycles. The minimum atomic E-state index is -0.501. The summed E-state index contributed by atoms with van der Waals surface area (Å²) >= 11 is 6.01. The third-order valence-electron chi connectivity index (χ3n) is 3.01. The van der Waals surface area contributed by atoms with Crippen molar-refractivity contribution in [2.45, 2.75) is 6.54 Å². The highest BCUT2D eigenvalue weighted by Crippen LogP contribution is 2.15. The number of rotatable bonds is 5. The van der Waals surface area contributed by atoms with Crippen molar-refractivity contribution in [2.75, 3.05) is 5.32 Å². The first-order chi connectivity index (χ1) is 11.1. The Kier molecular flexibility index (Phi) is 5.61. The van der Waals surface area contributed by atoms with Crippen LogP contribution in [0.1, 0.15) is 5.56 Å². The molecule has 1 amide bonds. The number of phenolic OH excluding ortho intramolecular Hbond substituents is 1. The summed E-state index contributed by atoms with van der Waals surface area (Å²) in [6.45, 7) is 0.233. The van der Waals surface area contributed by atoms with Crippen molar-refractivity contribution in [3.05, 3.63) is 70.9 Å². The van der Waals surface area contributed by atoms with Crippen molar-refractivity contribution < 1.29 is 9.90 Å². The summed E-state index contributed by atoms with van der Waals surface area (Å²) in [6, 6.07) is 15.2. The van der Waals surface area contributed by atoms with Crippen molar-refractivity contribution in [1.82, 2.24) is 5.32 Å². The second-order valence-electron chi connectivity index (χ2n) is 4.64. The van der Waals surface area contributed by atoms with Crippen LogP contribution >= 0.6 is 11.6 Å². The zero-order valence-electron chi connectivity index (χ0n) is 12.1. The number of nitrogens with zero attached hydrogens (tertiary/aromatic N) is 1. The van der Waals surface area contributed by atoms with Gasteiger partial charge in [-0.25, -0.2) is 0 Å². The Hall–Kier alpha value is -2.97. The molecule has 2 rings (SSSR count). The zero-order valence-corrected chi connectivity index (χ0v) is 12.8. The first-order valence-electron chi connectivity index (χ1n) is 6.77. The van der Waals surface area contributed by atoms with Crippen molar-refractivity contribution in [3.63, 3.8) is 0 Å². The fourth-order valence-electron chi connectivity index (χ4n) is 1.77. The van der Waals surface area contributed by atoms with Gasteiger partial charge >= 0.3 is 0 Å². The van der Waals surface area contributed by atoms with Crippen molar-refractivity contribution in [1.29, 1.82) is 5.26 Å². The molecular formula is C17H14ClN3O2. The average molecular weight is 328 g/mol. The van der Waals surface area contributed by atoms with Crippen LogP contribution in [0.3, 0.4) is 0 Å². The van der Waals surface area contributed by atoms with Crippen LogP contribution in [0.25, 0.3) is 0 Å². The lowest BCUT2D eigenvalue weighted by Crippen LogP contribution is -2.24. The molecule has 0 spiro atoms. The van der Waals surface area contributed by atoms with E-state index in [1.807, 2.05) is 12.1 Å². The summed E-state index contributed by atoms with van der Waals surface area (Å²) in [6.07, 6.45) is 1.31. The smallest absolute Gasteiger partial charge is 0.263 e. The molecule has 0 saturated heterocycles. The number of halogens is 1. The molecular weight excluding hydrogens is 314 g/mol. The molecule has 0 aliphatic heterocycles. The number of carbonyl (C=O) groups is 1. The molecule has 2 aromatic rings. The van der Waals surface area contributed by atoms with Crippen LogP contribution in [-0.2, 0) is 11.3 Å². The van der Waals surface area contributed by atoms with Gasteiger partial charge in [0, 0.05) is 23.5 Å². The van der Waals surface area contributed by atoms with E-state index in [4.69, 9.17) is 16.9 Å². The fraction of sp³-hybridized carbons (Fsp3) is 0.0588. The summed E-state index contributed by atoms with van der Waals surface area (Å²) in [4.78, 5) is 12.0. The lowest BCUT2D eigenvalue weighted by Gasteiger charge is -2.07. The average Bonchev–Trinajstić information content (AvgIpc) is 2.56. The van der Waals surface area contributed by atoms with Crippen LogP contribution < -0.4 is 10.6 Å². The van der Waals surface area contributed by atoms with Gasteiger partial charge in [-0.1, -0.05) is 29.8 Å². The van der Waals surface area contributed by atoms with Gasteiger partial charge in [0.2, 0.25) is 0 Å². The topological polar surface area (TPSA) is 85.2 Å². The zero-order chi connectivity index (χ0) is 16.7. The van der Waals surface area contributed by atoms with Crippen LogP contribution in [0.15, 0.2) is 60.3 Å². The molecule has 0 aliphatic rings. The molecule has 0 bridgehead atoms. The molecule has 0 radical (unpaired) electrons. The minimum absolute atomic E-state index is 0.0647. The second-order valence-corrected chi connectivity index (χ2v) is 5.04. The molecule has 3 N–H and O–H groups in total. The van der Waals surface area contributed by atoms with E-state index in [1.54, 1.807) is 30.3 Å². The third kappa shape index (κ3) is 4.77. The van der Waals surface area contributed by atoms with E-state index in [-0.39, 0.29) is 17.9 Å². The van der Waals surface area contributed by atoms with Crippen molar-refractivity contribution >= 4 is 23.2 Å². The SMILES string of the molecule is N#C/C(=C/Nc1ccc(O)cc1)C(=O)NCc1ccccc1Cl. The Morgan fingerprint density at radius 3 is 2.57 bits per heavy atom. The number of hydrogen-bond acceptors (Lipinski definition) is 4. The van der Waals surface area contributed by atoms with Gasteiger partial charge in [-0.2, -0.15) is 5.26 Å². The highest BCUT2D eigenvalue weighted by Gasteiger charge is 2.09. The normalized spacial score (nSPS) is 10.7. The van der Waals surface area contributed by atoms with E-state index >= 15 is 0 Å². The number of anilines is 1. The van der Waals surface area contributed by atoms with E-state index in [2.05, 4.69) is 10.6 Å². The Morgan fingerprint density at radius 2 is 1.91 bits per heavy atom. The monoisotopic (exact) mass is 327 g/mol. The number of benzene rings is 2. The molecule has 0 saturated carbocycles. The molecule has 116 valence electrons. The third-order valence-corrected chi connectivity index (χ3v) is 3.38. The Bertz CT molecular complexity index is 764. The standard InChI is InChI=1S/C17H14ClN3O2/c18-16-4-2-1-3-12(16)10-21-17(23)13(9-19)11-20-14-5-7-15(22)8-6-14/h1-8,11,20,22H,10H2,(H,21,23)/b13-11-. The highest BCUT2D eigenvalue weighted by atomic mass is 35.5. The molecule has 5 nitrogen and oxygen atoms in total. The summed E-state index contributed by atoms with van der Waals surface area (Å²) in [5.74, 6) is -0.365. The Labute approximate surface area is 138 Å². The summed E-state index contributed by atoms with van der Waals surface area (Å²) in [5, 5.41) is 24.3. The van der Waals surface area contributed by atoms with Gasteiger partial charge in [-0.05, 0) is 35.9 Å². The predicted molar refractivity (Wildman–Crippen MR) is 88.7 cm³/mol. The largest absolute Gasteiger partial charge is 0.508 e. The molecule has 6 heteroatoms. The van der Waals surface area contributed by atoms with Gasteiger partial charge in [-0.15, -0.1) is 0 Å². The first kappa shape index (κ1) is 16.4. The van der Waals surface area contributed by atoms with Crippen LogP contribution in [0, 0.1) is 11.3 Å². The van der Waals surface area contributed by atoms with E-state index in [1.165, 1.54) is 18.3 Å². The molecule has 0 fully saturated rings. The minimum Gasteiger partial charge on any atom is -0.508 e. The Morgan fingerprint density at radius 1 is 1.22 bits per heavy atom. The van der Waals surface area contributed by atoms with E-state index in [0.29, 0.717) is 10.7 Å². The summed E-state index contributed by atoms with van der Waals surface area (Å²) in [5.41, 5.74) is 1.35. The lowest BCUT2D eigenvalue weighted by atomic mass is 10.2. The van der Waals surface area contributed by atoms with Crippen LogP contribution in [-0.4, -0.2) is 11.0 Å². The van der Waals surface area contributed by atoms with E-state index in [0.717, 1.165) is 5.56 Å². The number of phenols is 1. The maximum atomic E-state index is 12.0. The van der Waals surface area contributed by atoms with Gasteiger partial charge in [0.25, 0.3) is 5.91 Å². The molecule has 2 aromatic carbocycles. The fourth-order valence-corrected chi connectivity index (χ4v) is 1.98. The van der Waals surface area contributed by atoms with Crippen LogP contribution in [0.4, 0.5) is 5.69 Å². The van der Waals surface area contributed by atoms with Gasteiger partial charge in [0.05, 0.1) is 0 Å². The second kappa shape index (κ2) is 7.87. The molecule has 0 atom stereocenters. The number of carbonyl (C=O) groups excluding carboxylic acids is 1. The van der Waals surface area contributed by atoms with Gasteiger partial charge < -0.3 is 15.7 Å². The van der Waals surface area contributed by atoms with Crippen molar-refractivity contribution in [2.24, 2.45) is 0 Å². The van der Waals surface area contributed by atoms with Crippen molar-refractivity contribution in [3.8, 4) is 11.8 Å². The van der Waals surface area contributed by atoms with Crippen LogP contribution in [0.5, 0.6) is 5.75 Å². The number of nitrogens with one attached hydrogen (secondary N) is 2. The van der Waals surface area contributed by atoms with E-state index < -0.39 is 5.91 Å². The lowest BCUT2D eigenvalue weighted by molar-refractivity contribution is -0.117. The van der Waals surface area contributed by atoms with Gasteiger partial charge in [-0.3, -0.25) is 4.79 Å². The summed E-state index contributed by atoms with van der Waals surface area (Å²) in [7, 11) is 0. The van der Waals surface area contributed by atoms with Gasteiger partial charge in [0.15, 0.2) is 0 Å². The number of nitriles is 1. The molecule has 23 heavy (non-hydrogen) atoms. The number of hydrogen-bond donors (Lipinski definition) is 3. The van der Waals surface area contributed by atoms with Crippen LogP contribution in [0.2, 0.25) is 5.02 Å². The Balaban J connectivity index is 1.98. The predicted octanol–water partition coefficient (Wildman–Crippen LogP) is 3.18. The number of amides is 1. The molecule has 0 aromatic heterocycles. The summed E-state index contributed by atoms with van der Waals surface area (Å²) < 4.78 is 0. The maximum absolute atomic E-state index is 12.0. The number of aromatic hydroxyl groups is 1.